The largest absolute Gasteiger partial charge is 0.324 e. The normalized spacial score (nSPS) is 17.0. The summed E-state index contributed by atoms with van der Waals surface area (Å²) in [6.07, 6.45) is 7.25. The molecule has 1 aromatic rings. The lowest BCUT2D eigenvalue weighted by Crippen LogP contribution is -2.07. The van der Waals surface area contributed by atoms with Gasteiger partial charge in [-0.25, -0.2) is 0 Å². The Hall–Kier alpha value is -0.540. The van der Waals surface area contributed by atoms with E-state index in [0.29, 0.717) is 0 Å². The van der Waals surface area contributed by atoms with E-state index in [1.807, 2.05) is 12.1 Å². The van der Waals surface area contributed by atoms with Crippen molar-refractivity contribution in [1.82, 2.24) is 0 Å². The van der Waals surface area contributed by atoms with Crippen molar-refractivity contribution in [2.45, 2.75) is 4.90 Å². The Morgan fingerprint density at radius 2 is 2.12 bits per heavy atom. The molecule has 0 unspecified atom stereocenters. The Labute approximate surface area is 115 Å². The van der Waals surface area contributed by atoms with Gasteiger partial charge in [-0.1, -0.05) is 6.07 Å². The SMILES string of the molecule is BrC1=CC2=C([C+]=C1)Nc1cccc(Br)c1S2. The van der Waals surface area contributed by atoms with Crippen molar-refractivity contribution in [3.63, 3.8) is 0 Å². The monoisotopic (exact) mass is 354 g/mol. The van der Waals surface area contributed by atoms with E-state index < -0.39 is 0 Å². The Bertz CT molecular complexity index is 558. The zero-order valence-corrected chi connectivity index (χ0v) is 12.0. The fourth-order valence-corrected chi connectivity index (χ4v) is 3.70. The van der Waals surface area contributed by atoms with E-state index in [1.54, 1.807) is 11.8 Å². The van der Waals surface area contributed by atoms with E-state index in [-0.39, 0.29) is 0 Å². The number of anilines is 1. The fraction of sp³-hybridized carbons (Fsp3) is 0. The second-order valence-electron chi connectivity index (χ2n) is 3.40. The Kier molecular flexibility index (Phi) is 2.68. The van der Waals surface area contributed by atoms with Crippen LogP contribution in [0.4, 0.5) is 5.69 Å². The summed E-state index contributed by atoms with van der Waals surface area (Å²) in [6, 6.07) is 6.16. The van der Waals surface area contributed by atoms with Crippen molar-refractivity contribution < 1.29 is 0 Å². The van der Waals surface area contributed by atoms with E-state index in [2.05, 4.69) is 61.5 Å². The summed E-state index contributed by atoms with van der Waals surface area (Å²) in [6.45, 7) is 0. The first-order valence-electron chi connectivity index (χ1n) is 4.68. The van der Waals surface area contributed by atoms with Crippen molar-refractivity contribution >= 4 is 49.3 Å². The molecule has 1 aliphatic carbocycles. The second kappa shape index (κ2) is 4.04. The van der Waals surface area contributed by atoms with Gasteiger partial charge < -0.3 is 5.32 Å². The highest BCUT2D eigenvalue weighted by atomic mass is 79.9. The summed E-state index contributed by atoms with van der Waals surface area (Å²) in [5, 5.41) is 3.38. The summed E-state index contributed by atoms with van der Waals surface area (Å²) < 4.78 is 2.17. The van der Waals surface area contributed by atoms with Crippen LogP contribution in [-0.2, 0) is 0 Å². The predicted octanol–water partition coefficient (Wildman–Crippen LogP) is 4.83. The molecule has 0 saturated carbocycles. The van der Waals surface area contributed by atoms with Crippen LogP contribution < -0.4 is 5.32 Å². The number of hydrogen-bond acceptors (Lipinski definition) is 2. The first kappa shape index (κ1) is 10.6. The van der Waals surface area contributed by atoms with Crippen molar-refractivity contribution in [1.29, 1.82) is 0 Å². The van der Waals surface area contributed by atoms with E-state index in [4.69, 9.17) is 0 Å². The minimum atomic E-state index is 1.04. The summed E-state index contributed by atoms with van der Waals surface area (Å²) in [5.41, 5.74) is 2.17. The van der Waals surface area contributed by atoms with Gasteiger partial charge in [0, 0.05) is 20.4 Å². The molecule has 1 aromatic carbocycles. The molecule has 0 fully saturated rings. The molecule has 1 N–H and O–H groups in total. The number of rotatable bonds is 0. The van der Waals surface area contributed by atoms with Crippen molar-refractivity contribution in [3.05, 3.63) is 56.0 Å². The molecule has 1 heterocycles. The van der Waals surface area contributed by atoms with Crippen molar-refractivity contribution in [3.8, 4) is 0 Å². The smallest absolute Gasteiger partial charge is 0.222 e. The Morgan fingerprint density at radius 1 is 1.25 bits per heavy atom. The first-order chi connectivity index (χ1) is 7.74. The minimum Gasteiger partial charge on any atom is -0.324 e. The highest BCUT2D eigenvalue weighted by molar-refractivity contribution is 9.12. The minimum absolute atomic E-state index is 1.04. The van der Waals surface area contributed by atoms with Gasteiger partial charge in [-0.3, -0.25) is 0 Å². The maximum atomic E-state index is 3.57. The zero-order valence-electron chi connectivity index (χ0n) is 8.05. The molecule has 0 spiro atoms. The van der Waals surface area contributed by atoms with Crippen LogP contribution in [0.3, 0.4) is 0 Å². The topological polar surface area (TPSA) is 12.0 Å². The predicted molar refractivity (Wildman–Crippen MR) is 75.5 cm³/mol. The first-order valence-corrected chi connectivity index (χ1v) is 7.09. The number of fused-ring (bicyclic) bond motifs is 1. The lowest BCUT2D eigenvalue weighted by atomic mass is 10.2. The standard InChI is InChI=1S/C12H6Br2NS/c13-7-4-5-9-11(6-7)16-12-8(14)2-1-3-10(12)15-9/h1-4,6,15H/q+1. The number of halogens is 2. The lowest BCUT2D eigenvalue weighted by Gasteiger charge is -2.17. The van der Waals surface area contributed by atoms with Crippen LogP contribution in [0.2, 0.25) is 0 Å². The summed E-state index contributed by atoms with van der Waals surface area (Å²) in [5.74, 6) is 0. The summed E-state index contributed by atoms with van der Waals surface area (Å²) in [4.78, 5) is 2.41. The molecule has 78 valence electrons. The molecular formula is C12H6Br2NS+. The molecule has 0 atom stereocenters. The number of benzene rings is 1. The maximum Gasteiger partial charge on any atom is 0.222 e. The molecule has 16 heavy (non-hydrogen) atoms. The average molecular weight is 356 g/mol. The van der Waals surface area contributed by atoms with E-state index in [9.17, 15) is 0 Å². The molecule has 0 aromatic heterocycles. The van der Waals surface area contributed by atoms with Crippen LogP contribution in [0.25, 0.3) is 0 Å². The summed E-state index contributed by atoms with van der Waals surface area (Å²) in [7, 11) is 0. The molecule has 1 nitrogen and oxygen atoms in total. The Morgan fingerprint density at radius 3 is 3.00 bits per heavy atom. The molecule has 3 rings (SSSR count). The molecule has 0 bridgehead atoms. The number of thioether (sulfide) groups is 1. The highest BCUT2D eigenvalue weighted by Crippen LogP contribution is 2.45. The van der Waals surface area contributed by atoms with Crippen LogP contribution in [0.1, 0.15) is 0 Å². The van der Waals surface area contributed by atoms with Gasteiger partial charge in [0.25, 0.3) is 0 Å². The highest BCUT2D eigenvalue weighted by Gasteiger charge is 2.26. The third-order valence-corrected chi connectivity index (χ3v) is 4.88. The number of nitrogens with one attached hydrogen (secondary N) is 1. The van der Waals surface area contributed by atoms with Gasteiger partial charge in [-0.15, -0.1) is 0 Å². The van der Waals surface area contributed by atoms with Gasteiger partial charge in [0.05, 0.1) is 22.7 Å². The van der Waals surface area contributed by atoms with Gasteiger partial charge >= 0.3 is 0 Å². The van der Waals surface area contributed by atoms with Crippen LogP contribution in [0, 0.1) is 6.08 Å². The molecular weight excluding hydrogens is 350 g/mol. The molecule has 0 amide bonds. The Balaban J connectivity index is 2.09. The van der Waals surface area contributed by atoms with Crippen LogP contribution >= 0.6 is 43.6 Å². The molecule has 1 aliphatic heterocycles. The fourth-order valence-electron chi connectivity index (χ4n) is 1.59. The van der Waals surface area contributed by atoms with Crippen molar-refractivity contribution in [2.75, 3.05) is 5.32 Å². The quantitative estimate of drug-likeness (QED) is 0.669. The summed E-state index contributed by atoms with van der Waals surface area (Å²) >= 11 is 8.79. The van der Waals surface area contributed by atoms with Gasteiger partial charge in [0.1, 0.15) is 10.6 Å². The van der Waals surface area contributed by atoms with E-state index >= 15 is 0 Å². The molecule has 0 saturated heterocycles. The van der Waals surface area contributed by atoms with E-state index in [1.165, 1.54) is 9.80 Å². The van der Waals surface area contributed by atoms with Gasteiger partial charge in [-0.05, 0) is 39.8 Å². The van der Waals surface area contributed by atoms with E-state index in [0.717, 1.165) is 20.3 Å². The van der Waals surface area contributed by atoms with Crippen LogP contribution in [0.5, 0.6) is 0 Å². The molecule has 4 heteroatoms. The van der Waals surface area contributed by atoms with Crippen LogP contribution in [-0.4, -0.2) is 0 Å². The second-order valence-corrected chi connectivity index (χ2v) is 6.22. The third kappa shape index (κ3) is 1.76. The van der Waals surface area contributed by atoms with Gasteiger partial charge in [0.2, 0.25) is 5.70 Å². The van der Waals surface area contributed by atoms with Gasteiger partial charge in [-0.2, -0.15) is 0 Å². The van der Waals surface area contributed by atoms with Crippen molar-refractivity contribution in [2.24, 2.45) is 0 Å². The number of hydrogen-bond donors (Lipinski definition) is 1. The zero-order chi connectivity index (χ0) is 11.1. The third-order valence-electron chi connectivity index (χ3n) is 2.31. The lowest BCUT2D eigenvalue weighted by molar-refractivity contribution is 1.30. The van der Waals surface area contributed by atoms with Crippen LogP contribution in [0.15, 0.2) is 54.8 Å². The molecule has 2 aliphatic rings. The molecule has 0 radical (unpaired) electrons. The average Bonchev–Trinajstić information content (AvgIpc) is 2.28. The maximum absolute atomic E-state index is 3.57. The number of allylic oxidation sites excluding steroid dienone is 4. The van der Waals surface area contributed by atoms with Gasteiger partial charge in [0.15, 0.2) is 4.91 Å².